The summed E-state index contributed by atoms with van der Waals surface area (Å²) < 4.78 is 12.8. The maximum Gasteiger partial charge on any atom is 0.311 e. The summed E-state index contributed by atoms with van der Waals surface area (Å²) in [5.41, 5.74) is 0.671. The molecule has 0 aromatic heterocycles. The maximum absolute atomic E-state index is 12.8. The Morgan fingerprint density at radius 1 is 1.27 bits per heavy atom. The number of carboxylic acid groups (broad SMARTS) is 1. The predicted octanol–water partition coefficient (Wildman–Crippen LogP) is 0.765. The minimum Gasteiger partial charge on any atom is -0.481 e. The average molecular weight is 308 g/mol. The van der Waals surface area contributed by atoms with Crippen LogP contribution in [0.5, 0.6) is 0 Å². The fourth-order valence-corrected chi connectivity index (χ4v) is 2.37. The number of aliphatic carboxylic acids is 1. The number of hydrogen-bond donors (Lipinski definition) is 2. The second-order valence-corrected chi connectivity index (χ2v) is 5.24. The number of likely N-dealkylation sites (tertiary alicyclic amines) is 1. The van der Waals surface area contributed by atoms with Gasteiger partial charge in [0, 0.05) is 19.6 Å². The molecule has 2 amide bonds. The normalized spacial score (nSPS) is 17.9. The first-order valence-electron chi connectivity index (χ1n) is 7.01. The Bertz CT molecular complexity index is 573. The van der Waals surface area contributed by atoms with E-state index in [4.69, 9.17) is 5.11 Å². The molecule has 1 heterocycles. The Morgan fingerprint density at radius 3 is 2.59 bits per heavy atom. The second-order valence-electron chi connectivity index (χ2n) is 5.24. The maximum atomic E-state index is 12.8. The Hall–Kier alpha value is -2.44. The van der Waals surface area contributed by atoms with Crippen LogP contribution < -0.4 is 5.32 Å². The number of carbonyl (C=O) groups is 3. The van der Waals surface area contributed by atoms with Gasteiger partial charge in [0.15, 0.2) is 0 Å². The van der Waals surface area contributed by atoms with Gasteiger partial charge in [-0.2, -0.15) is 0 Å². The molecule has 0 bridgehead atoms. The van der Waals surface area contributed by atoms with Gasteiger partial charge in [-0.25, -0.2) is 4.39 Å². The van der Waals surface area contributed by atoms with Crippen molar-refractivity contribution in [2.24, 2.45) is 5.92 Å². The molecule has 2 rings (SSSR count). The lowest BCUT2D eigenvalue weighted by Gasteiger charge is -2.30. The lowest BCUT2D eigenvalue weighted by Crippen LogP contribution is -2.48. The zero-order valence-electron chi connectivity index (χ0n) is 11.9. The van der Waals surface area contributed by atoms with Crippen LogP contribution in [-0.2, 0) is 20.9 Å². The van der Waals surface area contributed by atoms with E-state index in [1.807, 2.05) is 0 Å². The number of carbonyl (C=O) groups excluding carboxylic acids is 2. The largest absolute Gasteiger partial charge is 0.481 e. The summed E-state index contributed by atoms with van der Waals surface area (Å²) in [6.07, 6.45) is 1.07. The van der Waals surface area contributed by atoms with Crippen LogP contribution in [0.15, 0.2) is 24.3 Å². The number of nitrogens with zero attached hydrogens (tertiary/aromatic N) is 1. The molecule has 0 unspecified atom stereocenters. The Labute approximate surface area is 126 Å². The molecule has 1 fully saturated rings. The van der Waals surface area contributed by atoms with E-state index in [2.05, 4.69) is 5.32 Å². The highest BCUT2D eigenvalue weighted by Gasteiger charge is 2.30. The molecule has 6 nitrogen and oxygen atoms in total. The van der Waals surface area contributed by atoms with Crippen LogP contribution in [0.3, 0.4) is 0 Å². The van der Waals surface area contributed by atoms with E-state index >= 15 is 0 Å². The van der Waals surface area contributed by atoms with Crippen molar-refractivity contribution in [1.29, 1.82) is 0 Å². The molecular formula is C15H17FN2O4. The number of carboxylic acids is 1. The van der Waals surface area contributed by atoms with Crippen molar-refractivity contribution in [1.82, 2.24) is 10.2 Å². The van der Waals surface area contributed by atoms with Gasteiger partial charge < -0.3 is 15.3 Å². The zero-order chi connectivity index (χ0) is 16.1. The van der Waals surface area contributed by atoms with Crippen LogP contribution in [0.25, 0.3) is 0 Å². The predicted molar refractivity (Wildman–Crippen MR) is 75.2 cm³/mol. The minimum absolute atomic E-state index is 0.0537. The summed E-state index contributed by atoms with van der Waals surface area (Å²) >= 11 is 0. The smallest absolute Gasteiger partial charge is 0.311 e. The molecule has 1 atom stereocenters. The van der Waals surface area contributed by atoms with Crippen LogP contribution in [0.1, 0.15) is 18.4 Å². The fourth-order valence-electron chi connectivity index (χ4n) is 2.37. The topological polar surface area (TPSA) is 86.7 Å². The molecule has 0 aliphatic carbocycles. The van der Waals surface area contributed by atoms with Gasteiger partial charge in [-0.15, -0.1) is 0 Å². The fraction of sp³-hybridized carbons (Fsp3) is 0.400. The molecule has 0 radical (unpaired) electrons. The Kier molecular flexibility index (Phi) is 5.08. The molecule has 1 aromatic carbocycles. The highest BCUT2D eigenvalue weighted by molar-refractivity contribution is 6.35. The Morgan fingerprint density at radius 2 is 1.95 bits per heavy atom. The van der Waals surface area contributed by atoms with Gasteiger partial charge in [-0.05, 0) is 30.5 Å². The van der Waals surface area contributed by atoms with Crippen molar-refractivity contribution in [2.75, 3.05) is 13.1 Å². The molecule has 2 N–H and O–H groups in total. The minimum atomic E-state index is -0.954. The molecule has 1 aliphatic rings. The van der Waals surface area contributed by atoms with Gasteiger partial charge in [-0.1, -0.05) is 12.1 Å². The summed E-state index contributed by atoms with van der Waals surface area (Å²) in [6.45, 7) is 0.547. The summed E-state index contributed by atoms with van der Waals surface area (Å²) in [7, 11) is 0. The van der Waals surface area contributed by atoms with Crippen molar-refractivity contribution in [3.63, 3.8) is 0 Å². The number of nitrogens with one attached hydrogen (secondary N) is 1. The molecule has 1 aromatic rings. The highest BCUT2D eigenvalue weighted by Crippen LogP contribution is 2.16. The van der Waals surface area contributed by atoms with Gasteiger partial charge in [0.25, 0.3) is 0 Å². The molecule has 1 aliphatic heterocycles. The molecule has 118 valence electrons. The molecule has 1 saturated heterocycles. The van der Waals surface area contributed by atoms with E-state index in [9.17, 15) is 18.8 Å². The van der Waals surface area contributed by atoms with Crippen molar-refractivity contribution in [2.45, 2.75) is 19.4 Å². The molecular weight excluding hydrogens is 291 g/mol. The standard InChI is InChI=1S/C15H17FN2O4/c16-12-5-3-10(4-6-12)8-17-13(19)14(20)18-7-1-2-11(9-18)15(21)22/h3-6,11H,1-2,7-9H2,(H,17,19)(H,21,22)/t11-/m1/s1. The SMILES string of the molecule is O=C(NCc1ccc(F)cc1)C(=O)N1CCC[C@@H](C(=O)O)C1. The van der Waals surface area contributed by atoms with E-state index in [1.165, 1.54) is 29.2 Å². The number of amides is 2. The van der Waals surface area contributed by atoms with Crippen molar-refractivity contribution >= 4 is 17.8 Å². The second kappa shape index (κ2) is 7.02. The lowest BCUT2D eigenvalue weighted by atomic mass is 9.98. The number of rotatable bonds is 3. The van der Waals surface area contributed by atoms with Crippen LogP contribution in [-0.4, -0.2) is 40.9 Å². The van der Waals surface area contributed by atoms with Gasteiger partial charge in [0.1, 0.15) is 5.82 Å². The third kappa shape index (κ3) is 4.03. The zero-order valence-corrected chi connectivity index (χ0v) is 11.9. The van der Waals surface area contributed by atoms with Crippen LogP contribution >= 0.6 is 0 Å². The third-order valence-electron chi connectivity index (χ3n) is 3.62. The average Bonchev–Trinajstić information content (AvgIpc) is 2.53. The summed E-state index contributed by atoms with van der Waals surface area (Å²) in [6, 6.07) is 5.57. The number of benzene rings is 1. The van der Waals surface area contributed by atoms with Crippen LogP contribution in [0.4, 0.5) is 4.39 Å². The van der Waals surface area contributed by atoms with Gasteiger partial charge in [0.05, 0.1) is 5.92 Å². The first kappa shape index (κ1) is 15.9. The number of halogens is 1. The van der Waals surface area contributed by atoms with Gasteiger partial charge in [0.2, 0.25) is 0 Å². The van der Waals surface area contributed by atoms with Crippen molar-refractivity contribution in [3.8, 4) is 0 Å². The summed E-state index contributed by atoms with van der Waals surface area (Å²) in [5, 5.41) is 11.4. The van der Waals surface area contributed by atoms with Crippen LogP contribution in [0.2, 0.25) is 0 Å². The van der Waals surface area contributed by atoms with Crippen molar-refractivity contribution in [3.05, 3.63) is 35.6 Å². The molecule has 22 heavy (non-hydrogen) atoms. The first-order valence-corrected chi connectivity index (χ1v) is 7.01. The molecule has 0 saturated carbocycles. The third-order valence-corrected chi connectivity index (χ3v) is 3.62. The summed E-state index contributed by atoms with van der Waals surface area (Å²) in [5.74, 6) is -3.46. The summed E-state index contributed by atoms with van der Waals surface area (Å²) in [4.78, 5) is 36.1. The van der Waals surface area contributed by atoms with E-state index in [-0.39, 0.29) is 18.9 Å². The van der Waals surface area contributed by atoms with E-state index < -0.39 is 23.7 Å². The van der Waals surface area contributed by atoms with E-state index in [0.29, 0.717) is 24.9 Å². The highest BCUT2D eigenvalue weighted by atomic mass is 19.1. The molecule has 0 spiro atoms. The van der Waals surface area contributed by atoms with Gasteiger partial charge >= 0.3 is 17.8 Å². The molecule has 7 heteroatoms. The Balaban J connectivity index is 1.87. The van der Waals surface area contributed by atoms with E-state index in [1.54, 1.807) is 0 Å². The first-order chi connectivity index (χ1) is 10.5. The van der Waals surface area contributed by atoms with E-state index in [0.717, 1.165) is 0 Å². The quantitative estimate of drug-likeness (QED) is 0.807. The van der Waals surface area contributed by atoms with Gasteiger partial charge in [-0.3, -0.25) is 14.4 Å². The number of hydrogen-bond acceptors (Lipinski definition) is 3. The number of piperidine rings is 1. The monoisotopic (exact) mass is 308 g/mol. The van der Waals surface area contributed by atoms with Crippen LogP contribution in [0, 0.1) is 11.7 Å². The van der Waals surface area contributed by atoms with Crippen molar-refractivity contribution < 1.29 is 23.9 Å². The lowest BCUT2D eigenvalue weighted by molar-refractivity contribution is -0.150.